The smallest absolute Gasteiger partial charge is 0.357 e. The van der Waals surface area contributed by atoms with E-state index in [-0.39, 0.29) is 11.6 Å². The van der Waals surface area contributed by atoms with Crippen LogP contribution in [0.25, 0.3) is 10.9 Å². The van der Waals surface area contributed by atoms with Crippen LogP contribution in [0.1, 0.15) is 21.3 Å². The number of amides is 1. The first kappa shape index (κ1) is 25.8. The summed E-state index contributed by atoms with van der Waals surface area (Å²) in [4.78, 5) is 36.8. The van der Waals surface area contributed by atoms with Crippen LogP contribution in [-0.2, 0) is 9.53 Å². The normalized spacial score (nSPS) is 17.3. The summed E-state index contributed by atoms with van der Waals surface area (Å²) < 4.78 is 11.4. The van der Waals surface area contributed by atoms with Gasteiger partial charge in [0.1, 0.15) is 11.4 Å². The Hall–Kier alpha value is -3.88. The number of nitrogens with zero attached hydrogens (tertiary/aromatic N) is 3. The van der Waals surface area contributed by atoms with Crippen LogP contribution in [0.2, 0.25) is 0 Å². The number of para-hydroxylation sites is 2. The monoisotopic (exact) mass is 527 g/mol. The fraction of sp³-hybridized carbons (Fsp3) is 0.233. The number of ether oxygens (including phenoxy) is 2. The average Bonchev–Trinajstić information content (AvgIpc) is 3.05. The lowest BCUT2D eigenvalue weighted by atomic mass is 10.1. The molecule has 38 heavy (non-hydrogen) atoms. The van der Waals surface area contributed by atoms with Gasteiger partial charge in [0.15, 0.2) is 6.10 Å². The Morgan fingerprint density at radius 2 is 1.71 bits per heavy atom. The molecular formula is C30H29N3O4S. The zero-order valence-corrected chi connectivity index (χ0v) is 22.4. The van der Waals surface area contributed by atoms with Gasteiger partial charge >= 0.3 is 5.97 Å². The second kappa shape index (κ2) is 11.2. The molecule has 0 saturated carbocycles. The Morgan fingerprint density at radius 3 is 2.47 bits per heavy atom. The van der Waals surface area contributed by atoms with Crippen LogP contribution in [0.15, 0.2) is 89.8 Å². The minimum atomic E-state index is -1.07. The largest absolute Gasteiger partial charge is 0.497 e. The molecule has 1 amide bonds. The van der Waals surface area contributed by atoms with Gasteiger partial charge in [0.05, 0.1) is 23.6 Å². The number of esters is 1. The van der Waals surface area contributed by atoms with E-state index in [4.69, 9.17) is 9.47 Å². The Labute approximate surface area is 226 Å². The summed E-state index contributed by atoms with van der Waals surface area (Å²) >= 11 is 1.52. The molecule has 0 N–H and O–H groups in total. The summed E-state index contributed by atoms with van der Waals surface area (Å²) in [5.74, 6) is -0.188. The Balaban J connectivity index is 1.55. The van der Waals surface area contributed by atoms with Gasteiger partial charge in [-0.3, -0.25) is 4.79 Å². The van der Waals surface area contributed by atoms with E-state index in [0.29, 0.717) is 24.4 Å². The predicted octanol–water partition coefficient (Wildman–Crippen LogP) is 5.21. The second-order valence-electron chi connectivity index (χ2n) is 9.29. The van der Waals surface area contributed by atoms with E-state index in [1.807, 2.05) is 97.9 Å². The highest BCUT2D eigenvalue weighted by molar-refractivity contribution is 7.99. The van der Waals surface area contributed by atoms with Crippen LogP contribution in [0, 0.1) is 0 Å². The Morgan fingerprint density at radius 1 is 0.974 bits per heavy atom. The van der Waals surface area contributed by atoms with Crippen LogP contribution in [0.5, 0.6) is 5.75 Å². The first-order chi connectivity index (χ1) is 18.4. The zero-order valence-electron chi connectivity index (χ0n) is 21.5. The van der Waals surface area contributed by atoms with Crippen molar-refractivity contribution >= 4 is 40.2 Å². The van der Waals surface area contributed by atoms with Gasteiger partial charge in [0, 0.05) is 23.4 Å². The van der Waals surface area contributed by atoms with E-state index >= 15 is 0 Å². The molecule has 7 nitrogen and oxygen atoms in total. The zero-order chi connectivity index (χ0) is 26.6. The van der Waals surface area contributed by atoms with E-state index in [1.54, 1.807) is 18.1 Å². The number of fused-ring (bicyclic) bond motifs is 2. The van der Waals surface area contributed by atoms with Crippen molar-refractivity contribution in [3.63, 3.8) is 0 Å². The standard InChI is InChI=1S/C30H29N3O4S/c1-32(2)18-19-33-25-10-6-7-11-26(25)38-28(21-12-15-22(36-3)16-13-21)27(29(33)34)37-30(35)24-17-14-20-8-4-5-9-23(20)31-24/h4-17,27-28H,18-19H2,1-3H3/t27-,28+/m0/s1. The lowest BCUT2D eigenvalue weighted by Crippen LogP contribution is -2.45. The summed E-state index contributed by atoms with van der Waals surface area (Å²) in [6.07, 6.45) is -1.07. The van der Waals surface area contributed by atoms with Gasteiger partial charge < -0.3 is 19.3 Å². The third-order valence-corrected chi connectivity index (χ3v) is 7.82. The first-order valence-electron chi connectivity index (χ1n) is 12.4. The average molecular weight is 528 g/mol. The summed E-state index contributed by atoms with van der Waals surface area (Å²) in [5.41, 5.74) is 2.52. The number of thioether (sulfide) groups is 1. The predicted molar refractivity (Wildman–Crippen MR) is 150 cm³/mol. The van der Waals surface area contributed by atoms with Crippen molar-refractivity contribution in [3.8, 4) is 5.75 Å². The number of anilines is 1. The van der Waals surface area contributed by atoms with Crippen molar-refractivity contribution < 1.29 is 19.1 Å². The van der Waals surface area contributed by atoms with Crippen molar-refractivity contribution in [1.82, 2.24) is 9.88 Å². The van der Waals surface area contributed by atoms with E-state index in [2.05, 4.69) is 4.98 Å². The number of hydrogen-bond acceptors (Lipinski definition) is 7. The summed E-state index contributed by atoms with van der Waals surface area (Å²) in [6, 6.07) is 26.4. The number of methoxy groups -OCH3 is 1. The molecule has 8 heteroatoms. The minimum Gasteiger partial charge on any atom is -0.497 e. The van der Waals surface area contributed by atoms with Crippen molar-refractivity contribution in [2.45, 2.75) is 16.2 Å². The molecule has 0 fully saturated rings. The highest BCUT2D eigenvalue weighted by Crippen LogP contribution is 2.47. The van der Waals surface area contributed by atoms with E-state index in [0.717, 1.165) is 21.5 Å². The summed E-state index contributed by atoms with van der Waals surface area (Å²) in [5, 5.41) is 0.454. The number of rotatable bonds is 7. The van der Waals surface area contributed by atoms with Gasteiger partial charge in [-0.25, -0.2) is 9.78 Å². The molecular weight excluding hydrogens is 498 g/mol. The Kier molecular flexibility index (Phi) is 7.62. The molecule has 0 unspecified atom stereocenters. The van der Waals surface area contributed by atoms with Crippen LogP contribution < -0.4 is 9.64 Å². The third-order valence-electron chi connectivity index (χ3n) is 6.45. The Bertz CT molecular complexity index is 1460. The molecule has 0 radical (unpaired) electrons. The van der Waals surface area contributed by atoms with Gasteiger partial charge in [-0.15, -0.1) is 11.8 Å². The molecule has 0 bridgehead atoms. The van der Waals surface area contributed by atoms with Gasteiger partial charge in [-0.1, -0.05) is 48.5 Å². The fourth-order valence-electron chi connectivity index (χ4n) is 4.41. The van der Waals surface area contributed by atoms with E-state index in [1.165, 1.54) is 11.8 Å². The van der Waals surface area contributed by atoms with Gasteiger partial charge in [-0.2, -0.15) is 0 Å². The van der Waals surface area contributed by atoms with Crippen molar-refractivity contribution in [2.75, 3.05) is 39.2 Å². The maximum atomic E-state index is 14.2. The summed E-state index contributed by atoms with van der Waals surface area (Å²) in [7, 11) is 5.54. The highest BCUT2D eigenvalue weighted by Gasteiger charge is 2.41. The third kappa shape index (κ3) is 5.37. The van der Waals surface area contributed by atoms with E-state index in [9.17, 15) is 9.59 Å². The molecule has 0 spiro atoms. The van der Waals surface area contributed by atoms with Crippen molar-refractivity contribution in [1.29, 1.82) is 0 Å². The van der Waals surface area contributed by atoms with Gasteiger partial charge in [0.25, 0.3) is 5.91 Å². The quantitative estimate of drug-likeness (QED) is 0.306. The number of hydrogen-bond donors (Lipinski definition) is 0. The van der Waals surface area contributed by atoms with Crippen LogP contribution in [-0.4, -0.2) is 62.2 Å². The minimum absolute atomic E-state index is 0.164. The number of carbonyl (C=O) groups excluding carboxylic acids is 2. The number of carbonyl (C=O) groups is 2. The van der Waals surface area contributed by atoms with Crippen LogP contribution >= 0.6 is 11.8 Å². The molecule has 5 rings (SSSR count). The van der Waals surface area contributed by atoms with E-state index < -0.39 is 17.3 Å². The molecule has 3 aromatic carbocycles. The van der Waals surface area contributed by atoms with Crippen LogP contribution in [0.3, 0.4) is 0 Å². The molecule has 0 aliphatic carbocycles. The molecule has 194 valence electrons. The number of likely N-dealkylation sites (N-methyl/N-ethyl adjacent to an activating group) is 1. The second-order valence-corrected chi connectivity index (χ2v) is 10.5. The first-order valence-corrected chi connectivity index (χ1v) is 13.2. The highest BCUT2D eigenvalue weighted by atomic mass is 32.2. The fourth-order valence-corrected chi connectivity index (χ4v) is 5.73. The lowest BCUT2D eigenvalue weighted by Gasteiger charge is -2.28. The molecule has 0 saturated heterocycles. The molecule has 2 heterocycles. The van der Waals surface area contributed by atoms with Crippen molar-refractivity contribution in [2.24, 2.45) is 0 Å². The lowest BCUT2D eigenvalue weighted by molar-refractivity contribution is -0.127. The molecule has 1 aliphatic rings. The SMILES string of the molecule is COc1ccc([C@H]2Sc3ccccc3N(CCN(C)C)C(=O)[C@H]2OC(=O)c2ccc3ccccc3n2)cc1. The maximum absolute atomic E-state index is 14.2. The molecule has 4 aromatic rings. The number of aromatic nitrogens is 1. The molecule has 2 atom stereocenters. The van der Waals surface area contributed by atoms with Gasteiger partial charge in [-0.05, 0) is 56.1 Å². The topological polar surface area (TPSA) is 72.0 Å². The maximum Gasteiger partial charge on any atom is 0.357 e. The molecule has 1 aliphatic heterocycles. The number of pyridine rings is 1. The summed E-state index contributed by atoms with van der Waals surface area (Å²) in [6.45, 7) is 1.12. The van der Waals surface area contributed by atoms with Crippen molar-refractivity contribution in [3.05, 3.63) is 96.2 Å². The molecule has 1 aromatic heterocycles. The van der Waals surface area contributed by atoms with Crippen LogP contribution in [0.4, 0.5) is 5.69 Å². The number of benzene rings is 3. The van der Waals surface area contributed by atoms with Gasteiger partial charge in [0.2, 0.25) is 0 Å².